The number of benzene rings is 1. The lowest BCUT2D eigenvalue weighted by atomic mass is 9.96. The van der Waals surface area contributed by atoms with Crippen molar-refractivity contribution < 1.29 is 5.11 Å². The fraction of sp³-hybridized carbons (Fsp3) is 0.500. The second kappa shape index (κ2) is 4.81. The molecular weight excluding hydrogens is 196 g/mol. The summed E-state index contributed by atoms with van der Waals surface area (Å²) in [5, 5.41) is 10.6. The van der Waals surface area contributed by atoms with Crippen LogP contribution in [0.3, 0.4) is 0 Å². The normalized spacial score (nSPS) is 13.3. The number of aryl methyl sites for hydroxylation is 1. The number of rotatable bonds is 3. The molecule has 1 nitrogen and oxygen atoms in total. The first kappa shape index (κ1) is 11.5. The molecule has 0 amide bonds. The van der Waals surface area contributed by atoms with Gasteiger partial charge >= 0.3 is 0 Å². The van der Waals surface area contributed by atoms with E-state index in [1.54, 1.807) is 0 Å². The van der Waals surface area contributed by atoms with E-state index in [1.165, 1.54) is 0 Å². The van der Waals surface area contributed by atoms with Crippen LogP contribution < -0.4 is 0 Å². The summed E-state index contributed by atoms with van der Waals surface area (Å²) >= 11 is 5.89. The molecular formula is C12H17ClO. The average Bonchev–Trinajstić information content (AvgIpc) is 2.08. The Morgan fingerprint density at radius 2 is 2.00 bits per heavy atom. The minimum absolute atomic E-state index is 0.395. The molecule has 1 unspecified atom stereocenters. The highest BCUT2D eigenvalue weighted by Crippen LogP contribution is 2.26. The van der Waals surface area contributed by atoms with Gasteiger partial charge < -0.3 is 5.11 Å². The minimum Gasteiger partial charge on any atom is -0.388 e. The Morgan fingerprint density at radius 1 is 1.36 bits per heavy atom. The van der Waals surface area contributed by atoms with Gasteiger partial charge in [-0.1, -0.05) is 31.5 Å². The van der Waals surface area contributed by atoms with Crippen molar-refractivity contribution in [3.63, 3.8) is 0 Å². The van der Waals surface area contributed by atoms with Crippen LogP contribution in [0.2, 0.25) is 5.02 Å². The Bertz CT molecular complexity index is 307. The van der Waals surface area contributed by atoms with Gasteiger partial charge in [0.15, 0.2) is 0 Å². The summed E-state index contributed by atoms with van der Waals surface area (Å²) < 4.78 is 0. The van der Waals surface area contributed by atoms with Gasteiger partial charge in [-0.15, -0.1) is 0 Å². The summed E-state index contributed by atoms with van der Waals surface area (Å²) in [6.07, 6.45) is 0.384. The van der Waals surface area contributed by atoms with E-state index in [4.69, 9.17) is 11.6 Å². The summed E-state index contributed by atoms with van der Waals surface area (Å²) in [7, 11) is 0. The molecule has 78 valence electrons. The van der Waals surface area contributed by atoms with E-state index in [-0.39, 0.29) is 0 Å². The van der Waals surface area contributed by atoms with Crippen molar-refractivity contribution in [1.82, 2.24) is 0 Å². The fourth-order valence-corrected chi connectivity index (χ4v) is 1.72. The summed E-state index contributed by atoms with van der Waals surface area (Å²) in [6.45, 7) is 6.20. The molecule has 1 rings (SSSR count). The van der Waals surface area contributed by atoms with Crippen LogP contribution in [-0.2, 0) is 0 Å². The number of halogens is 1. The first-order valence-electron chi connectivity index (χ1n) is 4.95. The molecule has 1 atom stereocenters. The van der Waals surface area contributed by atoms with Gasteiger partial charge in [0.05, 0.1) is 6.10 Å². The quantitative estimate of drug-likeness (QED) is 0.810. The molecule has 0 heterocycles. The van der Waals surface area contributed by atoms with Crippen molar-refractivity contribution in [1.29, 1.82) is 0 Å². The van der Waals surface area contributed by atoms with E-state index in [9.17, 15) is 5.11 Å². The van der Waals surface area contributed by atoms with Crippen molar-refractivity contribution in [3.05, 3.63) is 34.3 Å². The van der Waals surface area contributed by atoms with Crippen molar-refractivity contribution >= 4 is 11.6 Å². The maximum absolute atomic E-state index is 9.94. The van der Waals surface area contributed by atoms with E-state index in [0.29, 0.717) is 10.9 Å². The van der Waals surface area contributed by atoms with E-state index in [1.807, 2.05) is 25.1 Å². The third-order valence-electron chi connectivity index (χ3n) is 2.29. The highest BCUT2D eigenvalue weighted by atomic mass is 35.5. The number of aliphatic hydroxyl groups is 1. The topological polar surface area (TPSA) is 20.2 Å². The standard InChI is InChI=1S/C12H17ClO/c1-8(2)6-12(14)11-7-10(13)5-4-9(11)3/h4-5,7-8,12,14H,6H2,1-3H3. The van der Waals surface area contributed by atoms with Crippen LogP contribution in [0.1, 0.15) is 37.5 Å². The second-order valence-corrected chi connectivity index (χ2v) is 4.58. The Balaban J connectivity index is 2.88. The molecule has 1 aromatic carbocycles. The Labute approximate surface area is 90.7 Å². The van der Waals surface area contributed by atoms with Crippen molar-refractivity contribution in [2.75, 3.05) is 0 Å². The van der Waals surface area contributed by atoms with Gasteiger partial charge in [-0.05, 0) is 42.5 Å². The lowest BCUT2D eigenvalue weighted by molar-refractivity contribution is 0.150. The third-order valence-corrected chi connectivity index (χ3v) is 2.53. The van der Waals surface area contributed by atoms with Crippen molar-refractivity contribution in [3.8, 4) is 0 Å². The van der Waals surface area contributed by atoms with E-state index < -0.39 is 6.10 Å². The third kappa shape index (κ3) is 3.00. The van der Waals surface area contributed by atoms with Gasteiger partial charge in [-0.25, -0.2) is 0 Å². The summed E-state index contributed by atoms with van der Waals surface area (Å²) in [5.41, 5.74) is 2.05. The zero-order valence-electron chi connectivity index (χ0n) is 8.92. The molecule has 0 fully saturated rings. The Kier molecular flexibility index (Phi) is 3.97. The number of hydrogen-bond donors (Lipinski definition) is 1. The molecule has 0 aliphatic heterocycles. The van der Waals surface area contributed by atoms with Crippen LogP contribution in [0.25, 0.3) is 0 Å². The lowest BCUT2D eigenvalue weighted by Crippen LogP contribution is -2.03. The molecule has 14 heavy (non-hydrogen) atoms. The van der Waals surface area contributed by atoms with Gasteiger partial charge in [0, 0.05) is 5.02 Å². The second-order valence-electron chi connectivity index (χ2n) is 4.15. The van der Waals surface area contributed by atoms with Gasteiger partial charge in [-0.2, -0.15) is 0 Å². The maximum atomic E-state index is 9.94. The molecule has 0 spiro atoms. The molecule has 1 N–H and O–H groups in total. The number of hydrogen-bond acceptors (Lipinski definition) is 1. The monoisotopic (exact) mass is 212 g/mol. The zero-order chi connectivity index (χ0) is 10.7. The SMILES string of the molecule is Cc1ccc(Cl)cc1C(O)CC(C)C. The van der Waals surface area contributed by atoms with Crippen LogP contribution in [0, 0.1) is 12.8 Å². The van der Waals surface area contributed by atoms with Crippen molar-refractivity contribution in [2.24, 2.45) is 5.92 Å². The predicted molar refractivity (Wildman–Crippen MR) is 60.6 cm³/mol. The molecule has 0 saturated carbocycles. The van der Waals surface area contributed by atoms with Gasteiger partial charge in [-0.3, -0.25) is 0 Å². The molecule has 0 aromatic heterocycles. The van der Waals surface area contributed by atoms with Crippen LogP contribution in [0.5, 0.6) is 0 Å². The molecule has 0 aliphatic rings. The Hall–Kier alpha value is -0.530. The fourth-order valence-electron chi connectivity index (χ4n) is 1.54. The van der Waals surface area contributed by atoms with Crippen LogP contribution in [0.15, 0.2) is 18.2 Å². The van der Waals surface area contributed by atoms with E-state index >= 15 is 0 Å². The van der Waals surface area contributed by atoms with Crippen LogP contribution in [0.4, 0.5) is 0 Å². The molecule has 1 aromatic rings. The summed E-state index contributed by atoms with van der Waals surface area (Å²) in [4.78, 5) is 0. The van der Waals surface area contributed by atoms with E-state index in [0.717, 1.165) is 17.5 Å². The summed E-state index contributed by atoms with van der Waals surface area (Å²) in [5.74, 6) is 0.489. The molecule has 0 saturated heterocycles. The number of aliphatic hydroxyl groups excluding tert-OH is 1. The predicted octanol–water partition coefficient (Wildman–Crippen LogP) is 3.73. The largest absolute Gasteiger partial charge is 0.388 e. The summed E-state index contributed by atoms with van der Waals surface area (Å²) in [6, 6.07) is 5.65. The average molecular weight is 213 g/mol. The smallest absolute Gasteiger partial charge is 0.0795 e. The zero-order valence-corrected chi connectivity index (χ0v) is 9.67. The minimum atomic E-state index is -0.395. The van der Waals surface area contributed by atoms with Crippen LogP contribution >= 0.6 is 11.6 Å². The highest BCUT2D eigenvalue weighted by Gasteiger charge is 2.12. The van der Waals surface area contributed by atoms with Gasteiger partial charge in [0.25, 0.3) is 0 Å². The first-order chi connectivity index (χ1) is 6.50. The van der Waals surface area contributed by atoms with Crippen LogP contribution in [-0.4, -0.2) is 5.11 Å². The Morgan fingerprint density at radius 3 is 2.57 bits per heavy atom. The van der Waals surface area contributed by atoms with E-state index in [2.05, 4.69) is 13.8 Å². The molecule has 2 heteroatoms. The maximum Gasteiger partial charge on any atom is 0.0795 e. The lowest BCUT2D eigenvalue weighted by Gasteiger charge is -2.15. The first-order valence-corrected chi connectivity index (χ1v) is 5.32. The molecule has 0 aliphatic carbocycles. The van der Waals surface area contributed by atoms with Gasteiger partial charge in [0.1, 0.15) is 0 Å². The highest BCUT2D eigenvalue weighted by molar-refractivity contribution is 6.30. The van der Waals surface area contributed by atoms with Crippen molar-refractivity contribution in [2.45, 2.75) is 33.3 Å². The molecule has 0 radical (unpaired) electrons. The molecule has 0 bridgehead atoms. The van der Waals surface area contributed by atoms with Gasteiger partial charge in [0.2, 0.25) is 0 Å².